The van der Waals surface area contributed by atoms with Crippen LogP contribution in [0.25, 0.3) is 0 Å². The van der Waals surface area contributed by atoms with E-state index in [1.807, 2.05) is 30.3 Å². The van der Waals surface area contributed by atoms with E-state index in [0.717, 1.165) is 23.6 Å². The lowest BCUT2D eigenvalue weighted by Gasteiger charge is -2.27. The van der Waals surface area contributed by atoms with Gasteiger partial charge in [-0.2, -0.15) is 0 Å². The fraction of sp³-hybridized carbons (Fsp3) is 0.348. The van der Waals surface area contributed by atoms with Gasteiger partial charge in [-0.1, -0.05) is 42.5 Å². The van der Waals surface area contributed by atoms with Crippen molar-refractivity contribution in [1.82, 2.24) is 5.32 Å². The number of rotatable bonds is 7. The first-order valence-electron chi connectivity index (χ1n) is 10.2. The van der Waals surface area contributed by atoms with Gasteiger partial charge in [0.15, 0.2) is 6.54 Å². The summed E-state index contributed by atoms with van der Waals surface area (Å²) < 4.78 is 4.80. The van der Waals surface area contributed by atoms with Crippen molar-refractivity contribution in [3.8, 4) is 0 Å². The van der Waals surface area contributed by atoms with E-state index in [2.05, 4.69) is 10.6 Å². The van der Waals surface area contributed by atoms with E-state index in [9.17, 15) is 14.4 Å². The minimum Gasteiger partial charge on any atom is -0.469 e. The van der Waals surface area contributed by atoms with Gasteiger partial charge in [0.05, 0.1) is 37.4 Å². The van der Waals surface area contributed by atoms with Crippen LogP contribution in [0.1, 0.15) is 28.8 Å². The molecule has 2 amide bonds. The number of carbonyl (C=O) groups excluding carboxylic acids is 3. The highest BCUT2D eigenvalue weighted by Gasteiger charge is 2.29. The summed E-state index contributed by atoms with van der Waals surface area (Å²) in [7, 11) is 1.41. The Morgan fingerprint density at radius 2 is 1.67 bits per heavy atom. The van der Waals surface area contributed by atoms with Crippen molar-refractivity contribution in [2.45, 2.75) is 19.4 Å². The van der Waals surface area contributed by atoms with Gasteiger partial charge in [0.1, 0.15) is 0 Å². The average Bonchev–Trinajstić information content (AvgIpc) is 2.78. The molecule has 1 aliphatic rings. The van der Waals surface area contributed by atoms with Crippen LogP contribution in [0, 0.1) is 5.92 Å². The van der Waals surface area contributed by atoms with Gasteiger partial charge in [-0.25, -0.2) is 0 Å². The van der Waals surface area contributed by atoms with E-state index in [-0.39, 0.29) is 23.7 Å². The number of methoxy groups -OCH3 is 1. The Morgan fingerprint density at radius 1 is 1.00 bits per heavy atom. The third kappa shape index (κ3) is 5.90. The maximum Gasteiger partial charge on any atom is 0.309 e. The van der Waals surface area contributed by atoms with Crippen LogP contribution in [-0.4, -0.2) is 44.5 Å². The summed E-state index contributed by atoms with van der Waals surface area (Å²) in [5.74, 6) is -0.629. The van der Waals surface area contributed by atoms with Crippen molar-refractivity contribution in [1.29, 1.82) is 0 Å². The van der Waals surface area contributed by atoms with E-state index in [1.165, 1.54) is 7.11 Å². The molecule has 0 spiro atoms. The summed E-state index contributed by atoms with van der Waals surface area (Å²) in [5.41, 5.74) is 1.93. The minimum absolute atomic E-state index is 0.0733. The number of hydrogen-bond donors (Lipinski definition) is 3. The Labute approximate surface area is 176 Å². The molecular formula is C23H28N3O4+. The topological polar surface area (TPSA) is 88.9 Å². The SMILES string of the molecule is COC(=O)C1CC[NH+](CC(=O)Nc2ccccc2C(=O)NCc2ccccc2)CC1. The molecule has 7 heteroatoms. The van der Waals surface area contributed by atoms with E-state index in [0.29, 0.717) is 37.2 Å². The zero-order valence-electron chi connectivity index (χ0n) is 17.1. The molecule has 0 aromatic heterocycles. The smallest absolute Gasteiger partial charge is 0.309 e. The number of esters is 1. The molecule has 0 unspecified atom stereocenters. The number of amides is 2. The second-order valence-corrected chi connectivity index (χ2v) is 7.49. The lowest BCUT2D eigenvalue weighted by Crippen LogP contribution is -3.14. The molecule has 0 radical (unpaired) electrons. The van der Waals surface area contributed by atoms with E-state index < -0.39 is 0 Å². The van der Waals surface area contributed by atoms with Gasteiger partial charge in [0, 0.05) is 19.4 Å². The molecule has 3 rings (SSSR count). The summed E-state index contributed by atoms with van der Waals surface area (Å²) in [6.07, 6.45) is 1.43. The minimum atomic E-state index is -0.235. The zero-order valence-corrected chi connectivity index (χ0v) is 17.1. The summed E-state index contributed by atoms with van der Waals surface area (Å²) in [6.45, 7) is 2.20. The van der Waals surface area contributed by atoms with E-state index in [1.54, 1.807) is 24.3 Å². The third-order valence-electron chi connectivity index (χ3n) is 5.38. The standard InChI is InChI=1S/C23H27N3O4/c1-30-23(29)18-11-13-26(14-12-18)16-21(27)25-20-10-6-5-9-19(20)22(28)24-15-17-7-3-2-4-8-17/h2-10,18H,11-16H2,1H3,(H,24,28)(H,25,27)/p+1. The molecule has 30 heavy (non-hydrogen) atoms. The number of carbonyl (C=O) groups is 3. The lowest BCUT2D eigenvalue weighted by atomic mass is 9.97. The quantitative estimate of drug-likeness (QED) is 0.595. The van der Waals surface area contributed by atoms with Crippen molar-refractivity contribution in [3.63, 3.8) is 0 Å². The Kier molecular flexibility index (Phi) is 7.57. The highest BCUT2D eigenvalue weighted by molar-refractivity contribution is 6.03. The lowest BCUT2D eigenvalue weighted by molar-refractivity contribution is -0.897. The normalized spacial score (nSPS) is 18.3. The number of hydrogen-bond acceptors (Lipinski definition) is 4. The molecule has 1 aliphatic heterocycles. The van der Waals surface area contributed by atoms with Gasteiger partial charge in [0.25, 0.3) is 11.8 Å². The van der Waals surface area contributed by atoms with Crippen LogP contribution in [0.5, 0.6) is 0 Å². The van der Waals surface area contributed by atoms with Gasteiger partial charge < -0.3 is 20.3 Å². The Morgan fingerprint density at radius 3 is 2.37 bits per heavy atom. The van der Waals surface area contributed by atoms with Gasteiger partial charge >= 0.3 is 5.97 Å². The van der Waals surface area contributed by atoms with Crippen molar-refractivity contribution in [2.75, 3.05) is 32.1 Å². The highest BCUT2D eigenvalue weighted by Crippen LogP contribution is 2.15. The highest BCUT2D eigenvalue weighted by atomic mass is 16.5. The van der Waals surface area contributed by atoms with Crippen LogP contribution >= 0.6 is 0 Å². The second-order valence-electron chi connectivity index (χ2n) is 7.49. The van der Waals surface area contributed by atoms with Gasteiger partial charge in [0.2, 0.25) is 0 Å². The van der Waals surface area contributed by atoms with Crippen LogP contribution in [0.15, 0.2) is 54.6 Å². The predicted molar refractivity (Wildman–Crippen MR) is 113 cm³/mol. The number of nitrogens with one attached hydrogen (secondary N) is 3. The molecule has 7 nitrogen and oxygen atoms in total. The van der Waals surface area contributed by atoms with Gasteiger partial charge in [-0.3, -0.25) is 14.4 Å². The van der Waals surface area contributed by atoms with Gasteiger partial charge in [-0.05, 0) is 17.7 Å². The first kappa shape index (κ1) is 21.5. The molecule has 0 aliphatic carbocycles. The molecule has 2 aromatic rings. The molecule has 0 saturated carbocycles. The maximum atomic E-state index is 12.6. The number of piperidine rings is 1. The number of ether oxygens (including phenoxy) is 1. The van der Waals surface area contributed by atoms with Crippen LogP contribution in [0.3, 0.4) is 0 Å². The van der Waals surface area contributed by atoms with E-state index in [4.69, 9.17) is 4.74 Å². The molecule has 158 valence electrons. The molecule has 1 fully saturated rings. The number of quaternary nitrogens is 1. The summed E-state index contributed by atoms with van der Waals surface area (Å²) in [5, 5.41) is 5.76. The van der Waals surface area contributed by atoms with Crippen molar-refractivity contribution < 1.29 is 24.0 Å². The van der Waals surface area contributed by atoms with Crippen molar-refractivity contribution >= 4 is 23.5 Å². The average molecular weight is 410 g/mol. The molecular weight excluding hydrogens is 382 g/mol. The molecule has 1 saturated heterocycles. The van der Waals surface area contributed by atoms with Crippen molar-refractivity contribution in [2.24, 2.45) is 5.92 Å². The molecule has 0 atom stereocenters. The largest absolute Gasteiger partial charge is 0.469 e. The Bertz CT molecular complexity index is 877. The van der Waals surface area contributed by atoms with Gasteiger partial charge in [-0.15, -0.1) is 0 Å². The molecule has 3 N–H and O–H groups in total. The molecule has 0 bridgehead atoms. The van der Waals surface area contributed by atoms with Crippen LogP contribution in [-0.2, 0) is 20.9 Å². The fourth-order valence-electron chi connectivity index (χ4n) is 3.69. The predicted octanol–water partition coefficient (Wildman–Crippen LogP) is 1.02. The summed E-state index contributed by atoms with van der Waals surface area (Å²) in [4.78, 5) is 37.9. The van der Waals surface area contributed by atoms with E-state index >= 15 is 0 Å². The monoisotopic (exact) mass is 410 g/mol. The van der Waals surface area contributed by atoms with Crippen molar-refractivity contribution in [3.05, 3.63) is 65.7 Å². The Hall–Kier alpha value is -3.19. The molecule has 2 aromatic carbocycles. The zero-order chi connectivity index (χ0) is 21.3. The van der Waals surface area contributed by atoms with Crippen LogP contribution < -0.4 is 15.5 Å². The maximum absolute atomic E-state index is 12.6. The second kappa shape index (κ2) is 10.5. The fourth-order valence-corrected chi connectivity index (χ4v) is 3.69. The summed E-state index contributed by atoms with van der Waals surface area (Å²) >= 11 is 0. The number of para-hydroxylation sites is 1. The molecule has 1 heterocycles. The Balaban J connectivity index is 1.53. The first-order valence-corrected chi connectivity index (χ1v) is 10.2. The van der Waals surface area contributed by atoms with Crippen LogP contribution in [0.2, 0.25) is 0 Å². The third-order valence-corrected chi connectivity index (χ3v) is 5.38. The number of anilines is 1. The first-order chi connectivity index (χ1) is 14.6. The summed E-state index contributed by atoms with van der Waals surface area (Å²) in [6, 6.07) is 16.7. The van der Waals surface area contributed by atoms with Crippen LogP contribution in [0.4, 0.5) is 5.69 Å². The number of benzene rings is 2. The number of likely N-dealkylation sites (tertiary alicyclic amines) is 1.